The molecule has 0 radical (unpaired) electrons. The number of halogens is 2. The van der Waals surface area contributed by atoms with Gasteiger partial charge in [-0.3, -0.25) is 4.90 Å². The van der Waals surface area contributed by atoms with Crippen molar-refractivity contribution in [2.45, 2.75) is 12.6 Å². The molecule has 17 heavy (non-hydrogen) atoms. The van der Waals surface area contributed by atoms with Crippen molar-refractivity contribution in [3.63, 3.8) is 0 Å². The van der Waals surface area contributed by atoms with Crippen LogP contribution in [0.25, 0.3) is 0 Å². The molecule has 1 fully saturated rings. The van der Waals surface area contributed by atoms with Crippen molar-refractivity contribution < 1.29 is 13.5 Å². The maximum Gasteiger partial charge on any atom is 0.126 e. The quantitative estimate of drug-likeness (QED) is 0.863. The highest BCUT2D eigenvalue weighted by Crippen LogP contribution is 2.14. The first-order valence-electron chi connectivity index (χ1n) is 5.66. The minimum Gasteiger partial charge on any atom is -0.378 e. The Morgan fingerprint density at radius 1 is 1.29 bits per heavy atom. The van der Waals surface area contributed by atoms with Crippen molar-refractivity contribution in [1.29, 1.82) is 0 Å². The van der Waals surface area contributed by atoms with Crippen molar-refractivity contribution in [3.8, 4) is 0 Å². The van der Waals surface area contributed by atoms with Crippen LogP contribution in [0.3, 0.4) is 0 Å². The van der Waals surface area contributed by atoms with Crippen LogP contribution < -0.4 is 5.73 Å². The highest BCUT2D eigenvalue weighted by atomic mass is 19.1. The Kier molecular flexibility index (Phi) is 4.04. The van der Waals surface area contributed by atoms with E-state index in [0.717, 1.165) is 12.6 Å². The molecule has 3 nitrogen and oxygen atoms in total. The molecule has 1 aromatic rings. The topological polar surface area (TPSA) is 38.5 Å². The van der Waals surface area contributed by atoms with E-state index in [4.69, 9.17) is 10.5 Å². The molecular formula is C12H16F2N2O. The second-order valence-electron chi connectivity index (χ2n) is 4.21. The van der Waals surface area contributed by atoms with E-state index in [-0.39, 0.29) is 6.04 Å². The smallest absolute Gasteiger partial charge is 0.126 e. The van der Waals surface area contributed by atoms with E-state index in [1.165, 1.54) is 12.1 Å². The SMILES string of the molecule is NCC1COCCN1Cc1cc(F)cc(F)c1. The van der Waals surface area contributed by atoms with E-state index < -0.39 is 11.6 Å². The van der Waals surface area contributed by atoms with E-state index in [2.05, 4.69) is 4.90 Å². The predicted octanol–water partition coefficient (Wildman–Crippen LogP) is 1.12. The molecule has 1 unspecified atom stereocenters. The van der Waals surface area contributed by atoms with Crippen molar-refractivity contribution in [2.24, 2.45) is 5.73 Å². The van der Waals surface area contributed by atoms with Gasteiger partial charge in [-0.25, -0.2) is 8.78 Å². The largest absolute Gasteiger partial charge is 0.378 e. The van der Waals surface area contributed by atoms with Crippen LogP contribution in [0.15, 0.2) is 18.2 Å². The molecule has 2 rings (SSSR count). The Morgan fingerprint density at radius 3 is 2.65 bits per heavy atom. The first kappa shape index (κ1) is 12.4. The van der Waals surface area contributed by atoms with E-state index in [1.54, 1.807) is 0 Å². The van der Waals surface area contributed by atoms with Gasteiger partial charge in [0.15, 0.2) is 0 Å². The molecule has 0 aliphatic carbocycles. The number of hydrogen-bond donors (Lipinski definition) is 1. The molecule has 94 valence electrons. The molecule has 1 aliphatic rings. The number of nitrogens with zero attached hydrogens (tertiary/aromatic N) is 1. The first-order chi connectivity index (χ1) is 8.19. The molecule has 1 aliphatic heterocycles. The van der Waals surface area contributed by atoms with Crippen LogP contribution in [0.2, 0.25) is 0 Å². The lowest BCUT2D eigenvalue weighted by atomic mass is 10.1. The van der Waals surface area contributed by atoms with Crippen LogP contribution in [0, 0.1) is 11.6 Å². The average molecular weight is 242 g/mol. The molecule has 5 heteroatoms. The summed E-state index contributed by atoms with van der Waals surface area (Å²) in [5, 5.41) is 0. The Hall–Kier alpha value is -1.04. The van der Waals surface area contributed by atoms with Crippen molar-refractivity contribution in [2.75, 3.05) is 26.3 Å². The monoisotopic (exact) mass is 242 g/mol. The summed E-state index contributed by atoms with van der Waals surface area (Å²) < 4.78 is 31.4. The molecule has 0 saturated carbocycles. The van der Waals surface area contributed by atoms with Crippen LogP contribution in [-0.2, 0) is 11.3 Å². The maximum atomic E-state index is 13.1. The zero-order valence-electron chi connectivity index (χ0n) is 9.53. The summed E-state index contributed by atoms with van der Waals surface area (Å²) in [6.45, 7) is 2.93. The van der Waals surface area contributed by atoms with Gasteiger partial charge in [-0.15, -0.1) is 0 Å². The number of ether oxygens (including phenoxy) is 1. The minimum atomic E-state index is -0.544. The Balaban J connectivity index is 2.08. The van der Waals surface area contributed by atoms with Gasteiger partial charge in [-0.05, 0) is 17.7 Å². The third kappa shape index (κ3) is 3.21. The molecule has 0 amide bonds. The van der Waals surface area contributed by atoms with E-state index in [1.807, 2.05) is 0 Å². The summed E-state index contributed by atoms with van der Waals surface area (Å²) in [5.41, 5.74) is 6.26. The Labute approximate surface area is 99.2 Å². The summed E-state index contributed by atoms with van der Waals surface area (Å²) in [4.78, 5) is 2.09. The molecule has 0 spiro atoms. The van der Waals surface area contributed by atoms with Gasteiger partial charge in [-0.1, -0.05) is 0 Å². The summed E-state index contributed by atoms with van der Waals surface area (Å²) in [6.07, 6.45) is 0. The molecule has 0 bridgehead atoms. The standard InChI is InChI=1S/C12H16F2N2O/c13-10-3-9(4-11(14)5-10)7-16-1-2-17-8-12(16)6-15/h3-5,12H,1-2,6-8,15H2. The summed E-state index contributed by atoms with van der Waals surface area (Å²) in [7, 11) is 0. The number of morpholine rings is 1. The molecule has 1 aromatic carbocycles. The molecule has 0 aromatic heterocycles. The van der Waals surface area contributed by atoms with Gasteiger partial charge in [0.1, 0.15) is 11.6 Å². The highest BCUT2D eigenvalue weighted by molar-refractivity contribution is 5.18. The van der Waals surface area contributed by atoms with Gasteiger partial charge in [0.25, 0.3) is 0 Å². The minimum absolute atomic E-state index is 0.120. The highest BCUT2D eigenvalue weighted by Gasteiger charge is 2.21. The lowest BCUT2D eigenvalue weighted by molar-refractivity contribution is -0.00798. The molecule has 1 atom stereocenters. The van der Waals surface area contributed by atoms with Crippen LogP contribution >= 0.6 is 0 Å². The molecule has 2 N–H and O–H groups in total. The first-order valence-corrected chi connectivity index (χ1v) is 5.66. The fraction of sp³-hybridized carbons (Fsp3) is 0.500. The lowest BCUT2D eigenvalue weighted by Gasteiger charge is -2.34. The summed E-state index contributed by atoms with van der Waals surface area (Å²) >= 11 is 0. The number of nitrogens with two attached hydrogens (primary N) is 1. The van der Waals surface area contributed by atoms with Crippen molar-refractivity contribution in [3.05, 3.63) is 35.4 Å². The van der Waals surface area contributed by atoms with Crippen LogP contribution in [0.4, 0.5) is 8.78 Å². The van der Waals surface area contributed by atoms with Crippen LogP contribution in [0.5, 0.6) is 0 Å². The fourth-order valence-corrected chi connectivity index (χ4v) is 2.05. The predicted molar refractivity (Wildman–Crippen MR) is 60.4 cm³/mol. The number of hydrogen-bond acceptors (Lipinski definition) is 3. The summed E-state index contributed by atoms with van der Waals surface area (Å²) in [6, 6.07) is 3.71. The Morgan fingerprint density at radius 2 is 2.00 bits per heavy atom. The van der Waals surface area contributed by atoms with Gasteiger partial charge in [-0.2, -0.15) is 0 Å². The van der Waals surface area contributed by atoms with Gasteiger partial charge in [0.2, 0.25) is 0 Å². The maximum absolute atomic E-state index is 13.1. The van der Waals surface area contributed by atoms with E-state index in [9.17, 15) is 8.78 Å². The number of rotatable bonds is 3. The van der Waals surface area contributed by atoms with Crippen LogP contribution in [-0.4, -0.2) is 37.2 Å². The normalized spacial score (nSPS) is 21.7. The second kappa shape index (κ2) is 5.53. The van der Waals surface area contributed by atoms with Gasteiger partial charge in [0.05, 0.1) is 13.2 Å². The molecule has 1 heterocycles. The van der Waals surface area contributed by atoms with Gasteiger partial charge >= 0.3 is 0 Å². The fourth-order valence-electron chi connectivity index (χ4n) is 2.05. The lowest BCUT2D eigenvalue weighted by Crippen LogP contribution is -2.48. The zero-order valence-corrected chi connectivity index (χ0v) is 9.53. The van der Waals surface area contributed by atoms with Crippen molar-refractivity contribution >= 4 is 0 Å². The van der Waals surface area contributed by atoms with E-state index in [0.29, 0.717) is 31.9 Å². The van der Waals surface area contributed by atoms with Gasteiger partial charge in [0, 0.05) is 31.7 Å². The Bertz CT molecular complexity index is 367. The van der Waals surface area contributed by atoms with Crippen LogP contribution in [0.1, 0.15) is 5.56 Å². The van der Waals surface area contributed by atoms with Crippen molar-refractivity contribution in [1.82, 2.24) is 4.90 Å². The van der Waals surface area contributed by atoms with Gasteiger partial charge < -0.3 is 10.5 Å². The number of benzene rings is 1. The van der Waals surface area contributed by atoms with E-state index >= 15 is 0 Å². The second-order valence-corrected chi connectivity index (χ2v) is 4.21. The summed E-state index contributed by atoms with van der Waals surface area (Å²) in [5.74, 6) is -1.09. The molecular weight excluding hydrogens is 226 g/mol. The zero-order chi connectivity index (χ0) is 12.3. The average Bonchev–Trinajstić information content (AvgIpc) is 2.28. The molecule has 1 saturated heterocycles. The third-order valence-electron chi connectivity index (χ3n) is 2.93. The third-order valence-corrected chi connectivity index (χ3v) is 2.93.